The van der Waals surface area contributed by atoms with Crippen LogP contribution in [0.3, 0.4) is 0 Å². The molecule has 0 radical (unpaired) electrons. The Morgan fingerprint density at radius 3 is 1.76 bits per heavy atom. The van der Waals surface area contributed by atoms with Gasteiger partial charge in [0.05, 0.1) is 16.5 Å². The maximum Gasteiger partial charge on any atom is 0.255 e. The Balaban J connectivity index is 1.56. The average Bonchev–Trinajstić information content (AvgIpc) is 2.81. The first-order chi connectivity index (χ1) is 15.7. The van der Waals surface area contributed by atoms with Crippen LogP contribution in [0.1, 0.15) is 27.5 Å². The van der Waals surface area contributed by atoms with Gasteiger partial charge in [-0.25, -0.2) is 17.2 Å². The minimum Gasteiger partial charge on any atom is -0.336 e. The Kier molecular flexibility index (Phi) is 6.58. The molecule has 0 aromatic heterocycles. The Labute approximate surface area is 192 Å². The maximum atomic E-state index is 13.5. The van der Waals surface area contributed by atoms with Gasteiger partial charge in [0, 0.05) is 32.4 Å². The van der Waals surface area contributed by atoms with Crippen LogP contribution in [-0.4, -0.2) is 56.6 Å². The topological polar surface area (TPSA) is 57.7 Å². The lowest BCUT2D eigenvalue weighted by Gasteiger charge is -2.40. The van der Waals surface area contributed by atoms with Crippen molar-refractivity contribution in [2.75, 3.05) is 32.4 Å². The smallest absolute Gasteiger partial charge is 0.255 e. The van der Waals surface area contributed by atoms with E-state index in [1.54, 1.807) is 41.3 Å². The van der Waals surface area contributed by atoms with Crippen molar-refractivity contribution in [3.05, 3.63) is 101 Å². The predicted molar refractivity (Wildman–Crippen MR) is 122 cm³/mol. The molecule has 5 nitrogen and oxygen atoms in total. The van der Waals surface area contributed by atoms with Crippen LogP contribution in [0, 0.1) is 11.6 Å². The fourth-order valence-electron chi connectivity index (χ4n) is 4.22. The van der Waals surface area contributed by atoms with E-state index >= 15 is 0 Å². The molecular formula is C25H24F2N2O3S. The van der Waals surface area contributed by atoms with Crippen molar-refractivity contribution < 1.29 is 22.0 Å². The molecule has 4 rings (SSSR count). The molecule has 1 amide bonds. The quantitative estimate of drug-likeness (QED) is 0.567. The Morgan fingerprint density at radius 1 is 0.788 bits per heavy atom. The summed E-state index contributed by atoms with van der Waals surface area (Å²) < 4.78 is 51.3. The van der Waals surface area contributed by atoms with Gasteiger partial charge in [-0.05, 0) is 47.5 Å². The van der Waals surface area contributed by atoms with Crippen LogP contribution in [0.15, 0.2) is 77.7 Å². The third kappa shape index (κ3) is 5.12. The molecule has 1 fully saturated rings. The summed E-state index contributed by atoms with van der Waals surface area (Å²) in [6, 6.07) is 18.4. The first-order valence-electron chi connectivity index (χ1n) is 10.6. The molecule has 0 spiro atoms. The van der Waals surface area contributed by atoms with Crippen LogP contribution < -0.4 is 0 Å². The second-order valence-electron chi connectivity index (χ2n) is 8.10. The average molecular weight is 471 g/mol. The standard InChI is InChI=1S/C25H24F2N2O3S/c1-33(31,32)23-5-3-2-4-22(23)25(30)29-16-14-28(15-17-29)24(18-6-10-20(26)11-7-18)19-8-12-21(27)13-9-19/h2-13,24H,14-17H2,1H3. The first kappa shape index (κ1) is 23.1. The Morgan fingerprint density at radius 2 is 1.27 bits per heavy atom. The zero-order valence-electron chi connectivity index (χ0n) is 18.1. The number of piperazine rings is 1. The highest BCUT2D eigenvalue weighted by Crippen LogP contribution is 2.30. The van der Waals surface area contributed by atoms with Gasteiger partial charge < -0.3 is 4.90 Å². The van der Waals surface area contributed by atoms with Crippen molar-refractivity contribution in [3.8, 4) is 0 Å². The summed E-state index contributed by atoms with van der Waals surface area (Å²) in [5.41, 5.74) is 1.90. The van der Waals surface area contributed by atoms with E-state index in [1.165, 1.54) is 36.4 Å². The van der Waals surface area contributed by atoms with Crippen molar-refractivity contribution in [2.24, 2.45) is 0 Å². The summed E-state index contributed by atoms with van der Waals surface area (Å²) in [5.74, 6) is -0.996. The van der Waals surface area contributed by atoms with Crippen molar-refractivity contribution in [1.82, 2.24) is 9.80 Å². The molecule has 3 aromatic rings. The van der Waals surface area contributed by atoms with E-state index in [0.717, 1.165) is 17.4 Å². The number of nitrogens with zero attached hydrogens (tertiary/aromatic N) is 2. The van der Waals surface area contributed by atoms with Gasteiger partial charge >= 0.3 is 0 Å². The molecule has 1 aliphatic heterocycles. The summed E-state index contributed by atoms with van der Waals surface area (Å²) in [4.78, 5) is 16.9. The summed E-state index contributed by atoms with van der Waals surface area (Å²) in [6.45, 7) is 1.84. The molecule has 3 aromatic carbocycles. The Hall–Kier alpha value is -3.10. The van der Waals surface area contributed by atoms with Crippen LogP contribution in [-0.2, 0) is 9.84 Å². The second-order valence-corrected chi connectivity index (χ2v) is 10.1. The SMILES string of the molecule is CS(=O)(=O)c1ccccc1C(=O)N1CCN(C(c2ccc(F)cc2)c2ccc(F)cc2)CC1. The van der Waals surface area contributed by atoms with Gasteiger partial charge in [0.1, 0.15) is 11.6 Å². The molecule has 0 aliphatic carbocycles. The molecule has 0 bridgehead atoms. The van der Waals surface area contributed by atoms with Crippen LogP contribution in [0.4, 0.5) is 8.78 Å². The molecule has 0 N–H and O–H groups in total. The molecule has 172 valence electrons. The van der Waals surface area contributed by atoms with Crippen molar-refractivity contribution in [2.45, 2.75) is 10.9 Å². The predicted octanol–water partition coefficient (Wildman–Crippen LogP) is 3.92. The van der Waals surface area contributed by atoms with Gasteiger partial charge in [-0.2, -0.15) is 0 Å². The summed E-state index contributed by atoms with van der Waals surface area (Å²) in [6.07, 6.45) is 1.09. The van der Waals surface area contributed by atoms with E-state index in [2.05, 4.69) is 4.90 Å². The molecule has 0 atom stereocenters. The number of carbonyl (C=O) groups is 1. The van der Waals surface area contributed by atoms with Crippen LogP contribution in [0.5, 0.6) is 0 Å². The van der Waals surface area contributed by atoms with Crippen LogP contribution in [0.2, 0.25) is 0 Å². The van der Waals surface area contributed by atoms with Crippen molar-refractivity contribution in [3.63, 3.8) is 0 Å². The summed E-state index contributed by atoms with van der Waals surface area (Å²) in [7, 11) is -3.54. The minimum absolute atomic E-state index is 0.0212. The molecule has 1 heterocycles. The number of hydrogen-bond donors (Lipinski definition) is 0. The van der Waals surface area contributed by atoms with E-state index in [1.807, 2.05) is 0 Å². The highest BCUT2D eigenvalue weighted by Gasteiger charge is 2.30. The van der Waals surface area contributed by atoms with Gasteiger partial charge in [-0.15, -0.1) is 0 Å². The summed E-state index contributed by atoms with van der Waals surface area (Å²) in [5, 5.41) is 0. The zero-order chi connectivity index (χ0) is 23.6. The van der Waals surface area contributed by atoms with Crippen molar-refractivity contribution >= 4 is 15.7 Å². The molecular weight excluding hydrogens is 446 g/mol. The lowest BCUT2D eigenvalue weighted by Crippen LogP contribution is -2.50. The molecule has 8 heteroatoms. The summed E-state index contributed by atoms with van der Waals surface area (Å²) >= 11 is 0. The molecule has 0 saturated carbocycles. The zero-order valence-corrected chi connectivity index (χ0v) is 18.9. The third-order valence-corrected chi connectivity index (χ3v) is 7.01. The number of hydrogen-bond acceptors (Lipinski definition) is 4. The molecule has 0 unspecified atom stereocenters. The number of benzene rings is 3. The van der Waals surface area contributed by atoms with Gasteiger partial charge in [0.25, 0.3) is 5.91 Å². The second kappa shape index (κ2) is 9.41. The maximum absolute atomic E-state index is 13.5. The van der Waals surface area contributed by atoms with Gasteiger partial charge in [-0.3, -0.25) is 9.69 Å². The van der Waals surface area contributed by atoms with E-state index < -0.39 is 9.84 Å². The minimum atomic E-state index is -3.54. The highest BCUT2D eigenvalue weighted by molar-refractivity contribution is 7.90. The monoisotopic (exact) mass is 470 g/mol. The normalized spacial score (nSPS) is 15.1. The number of carbonyl (C=O) groups excluding carboxylic acids is 1. The largest absolute Gasteiger partial charge is 0.336 e. The van der Waals surface area contributed by atoms with Gasteiger partial charge in [0.2, 0.25) is 0 Å². The van der Waals surface area contributed by atoms with Crippen LogP contribution in [0.25, 0.3) is 0 Å². The van der Waals surface area contributed by atoms with E-state index in [9.17, 15) is 22.0 Å². The third-order valence-electron chi connectivity index (χ3n) is 5.86. The van der Waals surface area contributed by atoms with E-state index in [-0.39, 0.29) is 34.0 Å². The lowest BCUT2D eigenvalue weighted by molar-refractivity contribution is 0.0593. The molecule has 1 aliphatic rings. The first-order valence-corrected chi connectivity index (χ1v) is 12.5. The van der Waals surface area contributed by atoms with Crippen molar-refractivity contribution in [1.29, 1.82) is 0 Å². The lowest BCUT2D eigenvalue weighted by atomic mass is 9.96. The highest BCUT2D eigenvalue weighted by atomic mass is 32.2. The van der Waals surface area contributed by atoms with Crippen LogP contribution >= 0.6 is 0 Å². The van der Waals surface area contributed by atoms with Gasteiger partial charge in [0.15, 0.2) is 9.84 Å². The number of rotatable bonds is 5. The fourth-order valence-corrected chi connectivity index (χ4v) is 5.11. The number of halogens is 2. The Bertz CT molecular complexity index is 1190. The number of amides is 1. The van der Waals surface area contributed by atoms with E-state index in [0.29, 0.717) is 26.2 Å². The molecule has 1 saturated heterocycles. The molecule has 33 heavy (non-hydrogen) atoms. The van der Waals surface area contributed by atoms with Gasteiger partial charge in [-0.1, -0.05) is 36.4 Å². The fraction of sp³-hybridized carbons (Fsp3) is 0.240. The van der Waals surface area contributed by atoms with E-state index in [4.69, 9.17) is 0 Å². The number of sulfone groups is 1.